The first-order valence-corrected chi connectivity index (χ1v) is 9.22. The van der Waals surface area contributed by atoms with Crippen molar-refractivity contribution in [2.45, 2.75) is 57.5 Å². The highest BCUT2D eigenvalue weighted by molar-refractivity contribution is 5.65. The Bertz CT molecular complexity index is 748. The Morgan fingerprint density at radius 1 is 1.20 bits per heavy atom. The topological polar surface area (TPSA) is 52.0 Å². The van der Waals surface area contributed by atoms with Crippen LogP contribution in [0.25, 0.3) is 11.3 Å². The van der Waals surface area contributed by atoms with Crippen LogP contribution < -0.4 is 5.32 Å². The number of ether oxygens (including phenoxy) is 1. The summed E-state index contributed by atoms with van der Waals surface area (Å²) in [5.74, 6) is 0.459. The second-order valence-electron chi connectivity index (χ2n) is 7.34. The van der Waals surface area contributed by atoms with E-state index in [2.05, 4.69) is 29.2 Å². The number of pyridine rings is 1. The van der Waals surface area contributed by atoms with Crippen molar-refractivity contribution in [3.8, 4) is 11.3 Å². The molecule has 1 saturated heterocycles. The Morgan fingerprint density at radius 3 is 2.60 bits per heavy atom. The molecule has 0 amide bonds. The zero-order valence-corrected chi connectivity index (χ0v) is 14.8. The van der Waals surface area contributed by atoms with Gasteiger partial charge in [-0.3, -0.25) is 4.68 Å². The molecule has 6 heteroatoms. The molecule has 0 aromatic carbocycles. The molecule has 1 aliphatic carbocycles. The van der Waals surface area contributed by atoms with Crippen molar-refractivity contribution in [1.82, 2.24) is 14.8 Å². The third kappa shape index (κ3) is 3.40. The number of rotatable bonds is 5. The fourth-order valence-corrected chi connectivity index (χ4v) is 3.41. The zero-order chi connectivity index (χ0) is 17.4. The molecule has 0 atom stereocenters. The number of anilines is 1. The molecule has 2 aliphatic rings. The van der Waals surface area contributed by atoms with E-state index < -0.39 is 5.95 Å². The Hall–Kier alpha value is -1.95. The lowest BCUT2D eigenvalue weighted by Crippen LogP contribution is -2.21. The number of hydrogen-bond donors (Lipinski definition) is 1. The van der Waals surface area contributed by atoms with Gasteiger partial charge in [0.1, 0.15) is 5.82 Å². The molecule has 0 bridgehead atoms. The van der Waals surface area contributed by atoms with Crippen molar-refractivity contribution in [2.75, 3.05) is 18.5 Å². The van der Waals surface area contributed by atoms with Gasteiger partial charge in [-0.2, -0.15) is 9.49 Å². The predicted octanol–water partition coefficient (Wildman–Crippen LogP) is 4.13. The molecule has 2 aromatic rings. The van der Waals surface area contributed by atoms with Crippen LogP contribution in [0.4, 0.5) is 10.2 Å². The van der Waals surface area contributed by atoms with E-state index in [-0.39, 0.29) is 12.0 Å². The summed E-state index contributed by atoms with van der Waals surface area (Å²) in [7, 11) is 0. The van der Waals surface area contributed by atoms with Crippen LogP contribution >= 0.6 is 0 Å². The smallest absolute Gasteiger partial charge is 0.224 e. The zero-order valence-electron chi connectivity index (χ0n) is 14.8. The Kier molecular flexibility index (Phi) is 4.46. The molecule has 2 aromatic heterocycles. The van der Waals surface area contributed by atoms with Gasteiger partial charge in [0.15, 0.2) is 0 Å². The number of hydrogen-bond acceptors (Lipinski definition) is 4. The summed E-state index contributed by atoms with van der Waals surface area (Å²) >= 11 is 0. The Balaban J connectivity index is 1.73. The average molecular weight is 344 g/mol. The summed E-state index contributed by atoms with van der Waals surface area (Å²) in [5.41, 5.74) is 2.47. The highest BCUT2D eigenvalue weighted by Gasteiger charge is 2.26. The fraction of sp³-hybridized carbons (Fsp3) is 0.579. The minimum atomic E-state index is -0.429. The van der Waals surface area contributed by atoms with E-state index in [9.17, 15) is 4.39 Å². The summed E-state index contributed by atoms with van der Waals surface area (Å²) in [6.45, 7) is 5.68. The van der Waals surface area contributed by atoms with Crippen molar-refractivity contribution in [1.29, 1.82) is 0 Å². The van der Waals surface area contributed by atoms with E-state index >= 15 is 0 Å². The molecule has 2 fully saturated rings. The van der Waals surface area contributed by atoms with Crippen LogP contribution in [-0.4, -0.2) is 34.0 Å². The number of halogens is 1. The Labute approximate surface area is 147 Å². The van der Waals surface area contributed by atoms with Gasteiger partial charge in [-0.25, -0.2) is 4.98 Å². The van der Waals surface area contributed by atoms with Crippen molar-refractivity contribution < 1.29 is 9.13 Å². The maximum Gasteiger partial charge on any atom is 0.224 e. The molecule has 3 heterocycles. The Morgan fingerprint density at radius 2 is 1.96 bits per heavy atom. The highest BCUT2D eigenvalue weighted by atomic mass is 19.1. The second kappa shape index (κ2) is 6.75. The number of nitrogens with zero attached hydrogens (tertiary/aromatic N) is 3. The third-order valence-corrected chi connectivity index (χ3v) is 5.02. The summed E-state index contributed by atoms with van der Waals surface area (Å²) < 4.78 is 22.3. The van der Waals surface area contributed by atoms with E-state index in [0.29, 0.717) is 17.4 Å². The van der Waals surface area contributed by atoms with Crippen LogP contribution in [0.5, 0.6) is 0 Å². The van der Waals surface area contributed by atoms with Gasteiger partial charge in [-0.05, 0) is 43.7 Å². The van der Waals surface area contributed by atoms with Crippen LogP contribution in [0.2, 0.25) is 0 Å². The molecule has 1 aliphatic heterocycles. The summed E-state index contributed by atoms with van der Waals surface area (Å²) in [6.07, 6.45) is 5.97. The molecule has 0 radical (unpaired) electrons. The van der Waals surface area contributed by atoms with Crippen molar-refractivity contribution >= 4 is 5.82 Å². The largest absolute Gasteiger partial charge is 0.381 e. The molecule has 1 N–H and O–H groups in total. The van der Waals surface area contributed by atoms with Gasteiger partial charge in [-0.1, -0.05) is 13.8 Å². The minimum absolute atomic E-state index is 0.250. The lowest BCUT2D eigenvalue weighted by atomic mass is 9.99. The first kappa shape index (κ1) is 16.5. The minimum Gasteiger partial charge on any atom is -0.381 e. The first-order chi connectivity index (χ1) is 12.1. The predicted molar refractivity (Wildman–Crippen MR) is 95.2 cm³/mol. The molecule has 0 spiro atoms. The second-order valence-corrected chi connectivity index (χ2v) is 7.34. The van der Waals surface area contributed by atoms with Crippen LogP contribution in [-0.2, 0) is 4.74 Å². The molecule has 5 nitrogen and oxygen atoms in total. The van der Waals surface area contributed by atoms with Crippen LogP contribution in [0.1, 0.15) is 57.1 Å². The van der Waals surface area contributed by atoms with E-state index in [1.165, 1.54) is 0 Å². The van der Waals surface area contributed by atoms with Gasteiger partial charge in [0, 0.05) is 24.8 Å². The lowest BCUT2D eigenvalue weighted by Gasteiger charge is -2.25. The monoisotopic (exact) mass is 344 g/mol. The lowest BCUT2D eigenvalue weighted by molar-refractivity contribution is 0.0667. The van der Waals surface area contributed by atoms with Gasteiger partial charge >= 0.3 is 0 Å². The van der Waals surface area contributed by atoms with Crippen molar-refractivity contribution in [3.05, 3.63) is 29.8 Å². The van der Waals surface area contributed by atoms with Crippen LogP contribution in [0.15, 0.2) is 18.3 Å². The molecule has 4 rings (SSSR count). The third-order valence-electron chi connectivity index (χ3n) is 5.02. The quantitative estimate of drug-likeness (QED) is 0.829. The molecule has 0 unspecified atom stereocenters. The SMILES string of the molecule is CC(C)c1cnn(C2CCOCC2)c1-c1ccc(NC2CC2)nc1F. The highest BCUT2D eigenvalue weighted by Crippen LogP contribution is 2.35. The van der Waals surface area contributed by atoms with Gasteiger partial charge in [0.25, 0.3) is 0 Å². The number of aromatic nitrogens is 3. The van der Waals surface area contributed by atoms with Gasteiger partial charge in [0.05, 0.1) is 23.5 Å². The standard InChI is InChI=1S/C19H25FN4O/c1-12(2)16-11-21-24(14-7-9-25-10-8-14)18(16)15-5-6-17(23-19(15)20)22-13-3-4-13/h5-6,11-14H,3-4,7-10H2,1-2H3,(H,22,23). The van der Waals surface area contributed by atoms with Crippen LogP contribution in [0, 0.1) is 5.95 Å². The van der Waals surface area contributed by atoms with E-state index in [0.717, 1.165) is 50.2 Å². The van der Waals surface area contributed by atoms with Crippen LogP contribution in [0.3, 0.4) is 0 Å². The van der Waals surface area contributed by atoms with Gasteiger partial charge in [-0.15, -0.1) is 0 Å². The molecule has 134 valence electrons. The first-order valence-electron chi connectivity index (χ1n) is 9.22. The van der Waals surface area contributed by atoms with Crippen molar-refractivity contribution in [2.24, 2.45) is 0 Å². The maximum atomic E-state index is 14.9. The molecule has 25 heavy (non-hydrogen) atoms. The van der Waals surface area contributed by atoms with Crippen molar-refractivity contribution in [3.63, 3.8) is 0 Å². The summed E-state index contributed by atoms with van der Waals surface area (Å²) in [4.78, 5) is 4.15. The molecule has 1 saturated carbocycles. The number of nitrogens with one attached hydrogen (secondary N) is 1. The van der Waals surface area contributed by atoms with E-state index in [1.807, 2.05) is 23.0 Å². The normalized spacial score (nSPS) is 18.7. The van der Waals surface area contributed by atoms with E-state index in [4.69, 9.17) is 4.74 Å². The average Bonchev–Trinajstić information content (AvgIpc) is 3.30. The summed E-state index contributed by atoms with van der Waals surface area (Å²) in [5, 5.41) is 7.86. The molecular weight excluding hydrogens is 319 g/mol. The van der Waals surface area contributed by atoms with Gasteiger partial charge < -0.3 is 10.1 Å². The summed E-state index contributed by atoms with van der Waals surface area (Å²) in [6, 6.07) is 4.42. The van der Waals surface area contributed by atoms with Gasteiger partial charge in [0.2, 0.25) is 5.95 Å². The van der Waals surface area contributed by atoms with E-state index in [1.54, 1.807) is 0 Å². The fourth-order valence-electron chi connectivity index (χ4n) is 3.41. The maximum absolute atomic E-state index is 14.9. The molecular formula is C19H25FN4O.